The Morgan fingerprint density at radius 3 is 2.50 bits per heavy atom. The van der Waals surface area contributed by atoms with Gasteiger partial charge in [-0.25, -0.2) is 9.50 Å². The fourth-order valence-corrected chi connectivity index (χ4v) is 2.87. The Balaban J connectivity index is 2.00. The van der Waals surface area contributed by atoms with Crippen LogP contribution < -0.4 is 5.56 Å². The molecule has 24 heavy (non-hydrogen) atoms. The Hall–Kier alpha value is -3.21. The second-order valence-corrected chi connectivity index (χ2v) is 5.80. The van der Waals surface area contributed by atoms with Crippen LogP contribution in [0.3, 0.4) is 0 Å². The quantitative estimate of drug-likeness (QED) is 0.617. The van der Waals surface area contributed by atoms with Gasteiger partial charge in [-0.2, -0.15) is 0 Å². The summed E-state index contributed by atoms with van der Waals surface area (Å²) in [5.41, 5.74) is 5.75. The zero-order chi connectivity index (χ0) is 16.7. The van der Waals surface area contributed by atoms with Crippen LogP contribution in [0.4, 0.5) is 0 Å². The molecule has 0 fully saturated rings. The number of nitrogens with one attached hydrogen (secondary N) is 1. The van der Waals surface area contributed by atoms with Crippen LogP contribution in [0.25, 0.3) is 28.0 Å². The molecule has 3 heterocycles. The highest BCUT2D eigenvalue weighted by atomic mass is 16.1. The van der Waals surface area contributed by atoms with E-state index in [2.05, 4.69) is 10.1 Å². The molecule has 0 aliphatic heterocycles. The molecule has 3 aromatic heterocycles. The summed E-state index contributed by atoms with van der Waals surface area (Å²) < 4.78 is 1.49. The first-order valence-electron chi connectivity index (χ1n) is 7.74. The summed E-state index contributed by atoms with van der Waals surface area (Å²) in [5, 5.41) is 3.11. The van der Waals surface area contributed by atoms with Crippen LogP contribution in [0, 0.1) is 13.8 Å². The second kappa shape index (κ2) is 5.45. The molecular formula is C19H16N4O. The minimum atomic E-state index is -0.138. The van der Waals surface area contributed by atoms with Crippen molar-refractivity contribution in [2.24, 2.45) is 0 Å². The summed E-state index contributed by atoms with van der Waals surface area (Å²) in [6, 6.07) is 15.3. The third-order valence-corrected chi connectivity index (χ3v) is 4.07. The predicted octanol–water partition coefficient (Wildman–Crippen LogP) is 3.37. The molecule has 0 saturated carbocycles. The summed E-state index contributed by atoms with van der Waals surface area (Å²) in [7, 11) is 0. The van der Waals surface area contributed by atoms with Crippen molar-refractivity contribution in [3.05, 3.63) is 76.5 Å². The van der Waals surface area contributed by atoms with Crippen molar-refractivity contribution in [1.29, 1.82) is 0 Å². The van der Waals surface area contributed by atoms with Gasteiger partial charge in [0.2, 0.25) is 0 Å². The van der Waals surface area contributed by atoms with Crippen molar-refractivity contribution >= 4 is 5.65 Å². The lowest BCUT2D eigenvalue weighted by atomic mass is 10.1. The fourth-order valence-electron chi connectivity index (χ4n) is 2.87. The first kappa shape index (κ1) is 14.4. The average Bonchev–Trinajstić information content (AvgIpc) is 2.93. The van der Waals surface area contributed by atoms with E-state index in [4.69, 9.17) is 4.98 Å². The maximum Gasteiger partial charge on any atom is 0.273 e. The predicted molar refractivity (Wildman–Crippen MR) is 94.0 cm³/mol. The van der Waals surface area contributed by atoms with Gasteiger partial charge in [-0.05, 0) is 31.5 Å². The van der Waals surface area contributed by atoms with Crippen molar-refractivity contribution < 1.29 is 0 Å². The van der Waals surface area contributed by atoms with E-state index in [1.165, 1.54) is 10.6 Å². The monoisotopic (exact) mass is 316 g/mol. The van der Waals surface area contributed by atoms with Crippen LogP contribution in [-0.2, 0) is 0 Å². The van der Waals surface area contributed by atoms with Crippen molar-refractivity contribution in [3.63, 3.8) is 0 Å². The van der Waals surface area contributed by atoms with E-state index in [0.29, 0.717) is 11.3 Å². The average molecular weight is 316 g/mol. The van der Waals surface area contributed by atoms with Gasteiger partial charge >= 0.3 is 0 Å². The number of benzene rings is 1. The lowest BCUT2D eigenvalue weighted by Crippen LogP contribution is -2.14. The van der Waals surface area contributed by atoms with E-state index in [-0.39, 0.29) is 5.56 Å². The highest BCUT2D eigenvalue weighted by molar-refractivity contribution is 5.80. The van der Waals surface area contributed by atoms with Gasteiger partial charge in [0.1, 0.15) is 0 Å². The summed E-state index contributed by atoms with van der Waals surface area (Å²) in [5.74, 6) is 0. The van der Waals surface area contributed by atoms with Gasteiger partial charge in [0.15, 0.2) is 5.65 Å². The van der Waals surface area contributed by atoms with Crippen LogP contribution in [0.15, 0.2) is 59.5 Å². The number of aromatic nitrogens is 4. The van der Waals surface area contributed by atoms with Crippen LogP contribution >= 0.6 is 0 Å². The molecule has 0 aliphatic rings. The Kier molecular flexibility index (Phi) is 3.27. The second-order valence-electron chi connectivity index (χ2n) is 5.80. The number of hydrogen-bond acceptors (Lipinski definition) is 3. The Bertz CT molecular complexity index is 1080. The minimum absolute atomic E-state index is 0.138. The number of fused-ring (bicyclic) bond motifs is 1. The topological polar surface area (TPSA) is 63.0 Å². The summed E-state index contributed by atoms with van der Waals surface area (Å²) in [6.45, 7) is 3.88. The maximum absolute atomic E-state index is 12.5. The minimum Gasteiger partial charge on any atom is -0.293 e. The van der Waals surface area contributed by atoms with E-state index < -0.39 is 0 Å². The Morgan fingerprint density at radius 1 is 1.00 bits per heavy atom. The van der Waals surface area contributed by atoms with Crippen LogP contribution in [0.5, 0.6) is 0 Å². The van der Waals surface area contributed by atoms with E-state index in [1.54, 1.807) is 6.20 Å². The molecule has 4 aromatic rings. The molecule has 0 spiro atoms. The molecule has 1 aromatic carbocycles. The number of aryl methyl sites for hydroxylation is 2. The van der Waals surface area contributed by atoms with Gasteiger partial charge in [0.05, 0.1) is 5.69 Å². The molecule has 1 N–H and O–H groups in total. The first-order chi connectivity index (χ1) is 11.6. The largest absolute Gasteiger partial charge is 0.293 e. The number of nitrogens with zero attached hydrogens (tertiary/aromatic N) is 3. The molecule has 4 rings (SSSR count). The normalized spacial score (nSPS) is 11.1. The van der Waals surface area contributed by atoms with Crippen molar-refractivity contribution in [2.75, 3.05) is 0 Å². The Labute approximate surface area is 138 Å². The van der Waals surface area contributed by atoms with E-state index in [9.17, 15) is 4.79 Å². The zero-order valence-corrected chi connectivity index (χ0v) is 13.4. The molecule has 5 nitrogen and oxygen atoms in total. The maximum atomic E-state index is 12.5. The zero-order valence-electron chi connectivity index (χ0n) is 13.4. The highest BCUT2D eigenvalue weighted by Crippen LogP contribution is 2.27. The van der Waals surface area contributed by atoms with E-state index in [0.717, 1.165) is 28.1 Å². The SMILES string of the molecule is Cc1ccc(-c2cc(=O)n3[nH]c(C)c(-c4ccccc4)c3n2)cn1. The van der Waals surface area contributed by atoms with E-state index >= 15 is 0 Å². The summed E-state index contributed by atoms with van der Waals surface area (Å²) in [6.07, 6.45) is 1.75. The molecule has 0 bridgehead atoms. The number of pyridine rings is 1. The first-order valence-corrected chi connectivity index (χ1v) is 7.74. The van der Waals surface area contributed by atoms with Crippen LogP contribution in [0.2, 0.25) is 0 Å². The van der Waals surface area contributed by atoms with Gasteiger partial charge in [-0.15, -0.1) is 0 Å². The van der Waals surface area contributed by atoms with Gasteiger partial charge in [0, 0.05) is 34.8 Å². The van der Waals surface area contributed by atoms with Gasteiger partial charge in [0.25, 0.3) is 5.56 Å². The molecule has 0 saturated heterocycles. The standard InChI is InChI=1S/C19H16N4O/c1-12-8-9-15(11-20-12)16-10-17(24)23-19(21-16)18(13(2)22-23)14-6-4-3-5-7-14/h3-11,22H,1-2H3. The van der Waals surface area contributed by atoms with Crippen molar-refractivity contribution in [3.8, 4) is 22.4 Å². The van der Waals surface area contributed by atoms with E-state index in [1.807, 2.05) is 56.3 Å². The number of aromatic amines is 1. The molecule has 0 atom stereocenters. The third-order valence-electron chi connectivity index (χ3n) is 4.07. The lowest BCUT2D eigenvalue weighted by molar-refractivity contribution is 0.882. The molecular weight excluding hydrogens is 300 g/mol. The van der Waals surface area contributed by atoms with Gasteiger partial charge in [-0.1, -0.05) is 30.3 Å². The Morgan fingerprint density at radius 2 is 1.79 bits per heavy atom. The molecule has 0 amide bonds. The summed E-state index contributed by atoms with van der Waals surface area (Å²) in [4.78, 5) is 21.5. The van der Waals surface area contributed by atoms with Gasteiger partial charge < -0.3 is 0 Å². The summed E-state index contributed by atoms with van der Waals surface area (Å²) >= 11 is 0. The smallest absolute Gasteiger partial charge is 0.273 e. The van der Waals surface area contributed by atoms with Crippen molar-refractivity contribution in [1.82, 2.24) is 19.6 Å². The highest BCUT2D eigenvalue weighted by Gasteiger charge is 2.15. The number of hydrogen-bond donors (Lipinski definition) is 1. The molecule has 0 unspecified atom stereocenters. The van der Waals surface area contributed by atoms with Crippen molar-refractivity contribution in [2.45, 2.75) is 13.8 Å². The molecule has 0 radical (unpaired) electrons. The molecule has 5 heteroatoms. The molecule has 118 valence electrons. The third kappa shape index (κ3) is 2.31. The molecule has 0 aliphatic carbocycles. The number of rotatable bonds is 2. The number of H-pyrrole nitrogens is 1. The van der Waals surface area contributed by atoms with Crippen LogP contribution in [-0.4, -0.2) is 19.6 Å². The fraction of sp³-hybridized carbons (Fsp3) is 0.105. The lowest BCUT2D eigenvalue weighted by Gasteiger charge is -2.03. The van der Waals surface area contributed by atoms with Gasteiger partial charge in [-0.3, -0.25) is 14.9 Å². The van der Waals surface area contributed by atoms with Crippen LogP contribution in [0.1, 0.15) is 11.4 Å².